The summed E-state index contributed by atoms with van der Waals surface area (Å²) in [5.41, 5.74) is 4.72. The number of nitrogens with zero attached hydrogens (tertiary/aromatic N) is 2. The van der Waals surface area contributed by atoms with Gasteiger partial charge in [0, 0.05) is 24.0 Å². The predicted molar refractivity (Wildman–Crippen MR) is 137 cm³/mol. The minimum Gasteiger partial charge on any atom is -0.489 e. The van der Waals surface area contributed by atoms with Crippen molar-refractivity contribution in [1.29, 1.82) is 0 Å². The molecule has 0 fully saturated rings. The van der Waals surface area contributed by atoms with Crippen LogP contribution in [0.5, 0.6) is 5.75 Å². The molecule has 0 bridgehead atoms. The number of rotatable bonds is 8. The van der Waals surface area contributed by atoms with Crippen LogP contribution < -0.4 is 15.4 Å². The second-order valence-electron chi connectivity index (χ2n) is 8.28. The minimum absolute atomic E-state index is 0.151. The van der Waals surface area contributed by atoms with Gasteiger partial charge in [-0.1, -0.05) is 48.0 Å². The van der Waals surface area contributed by atoms with Gasteiger partial charge in [0.1, 0.15) is 12.4 Å². The molecule has 0 aliphatic rings. The van der Waals surface area contributed by atoms with E-state index in [1.54, 1.807) is 35.1 Å². The van der Waals surface area contributed by atoms with Crippen molar-refractivity contribution in [3.63, 3.8) is 0 Å². The summed E-state index contributed by atoms with van der Waals surface area (Å²) in [7, 11) is 0. The Hall–Kier alpha value is -4.39. The molecular weight excluding hydrogens is 440 g/mol. The van der Waals surface area contributed by atoms with Gasteiger partial charge in [0.25, 0.3) is 11.8 Å². The molecule has 0 aliphatic heterocycles. The molecule has 35 heavy (non-hydrogen) atoms. The molecule has 0 aliphatic carbocycles. The number of aromatic nitrogens is 2. The maximum absolute atomic E-state index is 13.0. The van der Waals surface area contributed by atoms with Crippen LogP contribution in [0.2, 0.25) is 0 Å². The van der Waals surface area contributed by atoms with Crippen LogP contribution in [-0.2, 0) is 13.2 Å². The predicted octanol–water partition coefficient (Wildman–Crippen LogP) is 5.60. The molecule has 1 aromatic heterocycles. The lowest BCUT2D eigenvalue weighted by Gasteiger charge is -2.11. The summed E-state index contributed by atoms with van der Waals surface area (Å²) in [6.45, 7) is 6.86. The Morgan fingerprint density at radius 3 is 2.46 bits per heavy atom. The summed E-state index contributed by atoms with van der Waals surface area (Å²) >= 11 is 0. The number of ether oxygens (including phenoxy) is 1. The van der Waals surface area contributed by atoms with Gasteiger partial charge in [-0.05, 0) is 62.2 Å². The third-order valence-corrected chi connectivity index (χ3v) is 5.49. The molecule has 0 saturated heterocycles. The molecule has 178 valence electrons. The molecule has 2 N–H and O–H groups in total. The largest absolute Gasteiger partial charge is 0.489 e. The zero-order chi connectivity index (χ0) is 24.8. The minimum atomic E-state index is -0.394. The summed E-state index contributed by atoms with van der Waals surface area (Å²) in [5, 5.41) is 9.99. The Kier molecular flexibility index (Phi) is 7.26. The lowest BCUT2D eigenvalue weighted by Crippen LogP contribution is -2.18. The van der Waals surface area contributed by atoms with Crippen molar-refractivity contribution in [2.45, 2.75) is 33.9 Å². The monoisotopic (exact) mass is 468 g/mol. The van der Waals surface area contributed by atoms with Gasteiger partial charge >= 0.3 is 0 Å². The van der Waals surface area contributed by atoms with Crippen molar-refractivity contribution >= 4 is 23.2 Å². The van der Waals surface area contributed by atoms with Gasteiger partial charge in [-0.25, -0.2) is 0 Å². The Morgan fingerprint density at radius 2 is 1.71 bits per heavy atom. The van der Waals surface area contributed by atoms with E-state index in [9.17, 15) is 9.59 Å². The average molecular weight is 469 g/mol. The smallest absolute Gasteiger partial charge is 0.278 e. The van der Waals surface area contributed by atoms with Crippen molar-refractivity contribution < 1.29 is 14.3 Å². The zero-order valence-electron chi connectivity index (χ0n) is 20.0. The molecule has 0 saturated carbocycles. The van der Waals surface area contributed by atoms with Gasteiger partial charge in [-0.2, -0.15) is 5.10 Å². The first kappa shape index (κ1) is 23.8. The van der Waals surface area contributed by atoms with Gasteiger partial charge in [0.05, 0.1) is 5.69 Å². The van der Waals surface area contributed by atoms with Crippen LogP contribution in [0.1, 0.15) is 44.5 Å². The number of para-hydroxylation sites is 1. The van der Waals surface area contributed by atoms with E-state index in [0.717, 1.165) is 16.9 Å². The Morgan fingerprint density at radius 1 is 0.914 bits per heavy atom. The maximum Gasteiger partial charge on any atom is 0.278 e. The normalized spacial score (nSPS) is 10.6. The van der Waals surface area contributed by atoms with E-state index in [0.29, 0.717) is 30.1 Å². The van der Waals surface area contributed by atoms with Crippen LogP contribution in [0.25, 0.3) is 0 Å². The van der Waals surface area contributed by atoms with Crippen LogP contribution in [0.15, 0.2) is 79.0 Å². The van der Waals surface area contributed by atoms with Crippen LogP contribution in [0.4, 0.5) is 11.4 Å². The van der Waals surface area contributed by atoms with Gasteiger partial charge in [-0.15, -0.1) is 0 Å². The Labute approximate surface area is 204 Å². The fourth-order valence-corrected chi connectivity index (χ4v) is 3.67. The topological polar surface area (TPSA) is 85.2 Å². The Balaban J connectivity index is 1.47. The van der Waals surface area contributed by atoms with E-state index in [4.69, 9.17) is 4.74 Å². The van der Waals surface area contributed by atoms with Crippen LogP contribution in [-0.4, -0.2) is 21.6 Å². The maximum atomic E-state index is 13.0. The van der Waals surface area contributed by atoms with Gasteiger partial charge < -0.3 is 15.4 Å². The number of amides is 2. The molecule has 1 heterocycles. The second kappa shape index (κ2) is 10.7. The first-order valence-electron chi connectivity index (χ1n) is 11.5. The summed E-state index contributed by atoms with van der Waals surface area (Å²) in [5.74, 6) is 0.0867. The fraction of sp³-hybridized carbons (Fsp3) is 0.179. The van der Waals surface area contributed by atoms with Crippen LogP contribution in [0, 0.1) is 13.8 Å². The quantitative estimate of drug-likeness (QED) is 0.352. The second-order valence-corrected chi connectivity index (χ2v) is 8.28. The number of carbonyl (C=O) groups excluding carboxylic acids is 2. The lowest BCUT2D eigenvalue weighted by molar-refractivity contribution is 0.102. The molecule has 0 spiro atoms. The van der Waals surface area contributed by atoms with Gasteiger partial charge in [-0.3, -0.25) is 14.3 Å². The number of nitrogens with one attached hydrogen (secondary N) is 2. The molecule has 4 aromatic rings. The van der Waals surface area contributed by atoms with Gasteiger partial charge in [0.15, 0.2) is 5.69 Å². The van der Waals surface area contributed by atoms with E-state index < -0.39 is 5.91 Å². The molecule has 7 heteroatoms. The van der Waals surface area contributed by atoms with Crippen molar-refractivity contribution in [3.05, 3.63) is 107 Å². The Bertz CT molecular complexity index is 1350. The molecule has 2 amide bonds. The number of hydrogen-bond acceptors (Lipinski definition) is 4. The highest BCUT2D eigenvalue weighted by Crippen LogP contribution is 2.21. The van der Waals surface area contributed by atoms with Gasteiger partial charge in [0.2, 0.25) is 0 Å². The molecule has 0 radical (unpaired) electrons. The summed E-state index contributed by atoms with van der Waals surface area (Å²) in [6, 6.07) is 22.4. The van der Waals surface area contributed by atoms with Crippen molar-refractivity contribution in [2.75, 3.05) is 10.6 Å². The molecule has 3 aromatic carbocycles. The van der Waals surface area contributed by atoms with Crippen molar-refractivity contribution in [2.24, 2.45) is 0 Å². The van der Waals surface area contributed by atoms with Crippen LogP contribution >= 0.6 is 0 Å². The number of anilines is 2. The summed E-state index contributed by atoms with van der Waals surface area (Å²) < 4.78 is 7.57. The third kappa shape index (κ3) is 5.95. The summed E-state index contributed by atoms with van der Waals surface area (Å²) in [4.78, 5) is 25.9. The third-order valence-electron chi connectivity index (χ3n) is 5.49. The molecule has 7 nitrogen and oxygen atoms in total. The lowest BCUT2D eigenvalue weighted by atomic mass is 10.1. The van der Waals surface area contributed by atoms with E-state index in [1.807, 2.05) is 63.2 Å². The first-order valence-corrected chi connectivity index (χ1v) is 11.5. The number of aryl methyl sites for hydroxylation is 3. The number of benzene rings is 3. The fourth-order valence-electron chi connectivity index (χ4n) is 3.67. The van der Waals surface area contributed by atoms with E-state index in [2.05, 4.69) is 21.8 Å². The molecular formula is C28H28N4O3. The van der Waals surface area contributed by atoms with Crippen molar-refractivity contribution in [1.82, 2.24) is 9.78 Å². The SMILES string of the molecule is CCn1cc(NC(=O)c2cccc(COc3ccc(C)cc3C)c2)c(C(=O)Nc2ccccc2)n1. The molecule has 0 unspecified atom stereocenters. The number of hydrogen-bond donors (Lipinski definition) is 2. The first-order chi connectivity index (χ1) is 16.9. The number of carbonyl (C=O) groups is 2. The van der Waals surface area contributed by atoms with Crippen LogP contribution in [0.3, 0.4) is 0 Å². The standard InChI is InChI=1S/C28H28N4O3/c1-4-32-17-24(26(31-32)28(34)29-23-11-6-5-7-12-23)30-27(33)22-10-8-9-21(16-22)18-35-25-14-13-19(2)15-20(25)3/h5-17H,4,18H2,1-3H3,(H,29,34)(H,30,33). The highest BCUT2D eigenvalue weighted by Gasteiger charge is 2.19. The molecule has 4 rings (SSSR count). The highest BCUT2D eigenvalue weighted by atomic mass is 16.5. The van der Waals surface area contributed by atoms with Crippen molar-refractivity contribution in [3.8, 4) is 5.75 Å². The zero-order valence-corrected chi connectivity index (χ0v) is 20.0. The summed E-state index contributed by atoms with van der Waals surface area (Å²) in [6.07, 6.45) is 1.66. The van der Waals surface area contributed by atoms with E-state index in [-0.39, 0.29) is 11.6 Å². The van der Waals surface area contributed by atoms with E-state index >= 15 is 0 Å². The average Bonchev–Trinajstić information content (AvgIpc) is 3.27. The van der Waals surface area contributed by atoms with E-state index in [1.165, 1.54) is 5.56 Å². The molecule has 0 atom stereocenters. The highest BCUT2D eigenvalue weighted by molar-refractivity contribution is 6.11.